The Bertz CT molecular complexity index is 461. The minimum absolute atomic E-state index is 0.0692. The predicted octanol–water partition coefficient (Wildman–Crippen LogP) is 3.32. The second-order valence-corrected chi connectivity index (χ2v) is 6.01. The van der Waals surface area contributed by atoms with Crippen LogP contribution in [0.3, 0.4) is 0 Å². The molecule has 3 nitrogen and oxygen atoms in total. The highest BCUT2D eigenvalue weighted by molar-refractivity contribution is 9.10. The van der Waals surface area contributed by atoms with Crippen molar-refractivity contribution in [1.29, 1.82) is 0 Å². The molecule has 1 saturated heterocycles. The van der Waals surface area contributed by atoms with Gasteiger partial charge in [-0.1, -0.05) is 11.6 Å². The molecule has 1 atom stereocenters. The highest BCUT2D eigenvalue weighted by Gasteiger charge is 2.25. The molecule has 0 bridgehead atoms. The molecule has 0 aliphatic carbocycles. The average Bonchev–Trinajstić information content (AvgIpc) is 2.40. The van der Waals surface area contributed by atoms with Crippen LogP contribution in [0.1, 0.15) is 30.1 Å². The molecule has 19 heavy (non-hydrogen) atoms. The van der Waals surface area contributed by atoms with Crippen LogP contribution in [0.4, 0.5) is 0 Å². The number of carbonyl (C=O) groups excluding carboxylic acids is 1. The molecule has 1 fully saturated rings. The van der Waals surface area contributed by atoms with E-state index in [0.717, 1.165) is 36.9 Å². The summed E-state index contributed by atoms with van der Waals surface area (Å²) in [4.78, 5) is 14.6. The molecule has 5 heteroatoms. The van der Waals surface area contributed by atoms with Crippen molar-refractivity contribution in [3.8, 4) is 0 Å². The van der Waals surface area contributed by atoms with Gasteiger partial charge in [-0.2, -0.15) is 0 Å². The van der Waals surface area contributed by atoms with E-state index in [0.29, 0.717) is 10.6 Å². The molecule has 0 aromatic heterocycles. The minimum Gasteiger partial charge on any atom is -0.335 e. The molecular formula is C14H18BrClN2O. The molecule has 1 unspecified atom stereocenters. The lowest BCUT2D eigenvalue weighted by molar-refractivity contribution is 0.0661. The molecular weight excluding hydrogens is 328 g/mol. The first-order chi connectivity index (χ1) is 9.13. The Hall–Kier alpha value is -0.580. The van der Waals surface area contributed by atoms with E-state index in [1.165, 1.54) is 0 Å². The number of hydrogen-bond acceptors (Lipinski definition) is 2. The first-order valence-electron chi connectivity index (χ1n) is 6.60. The van der Waals surface area contributed by atoms with Gasteiger partial charge in [0, 0.05) is 28.6 Å². The van der Waals surface area contributed by atoms with E-state index in [-0.39, 0.29) is 11.9 Å². The molecule has 2 rings (SSSR count). The molecule has 1 heterocycles. The van der Waals surface area contributed by atoms with Gasteiger partial charge in [0.15, 0.2) is 0 Å². The molecule has 1 N–H and O–H groups in total. The van der Waals surface area contributed by atoms with E-state index < -0.39 is 0 Å². The largest absolute Gasteiger partial charge is 0.335 e. The number of rotatable bonds is 3. The lowest BCUT2D eigenvalue weighted by Gasteiger charge is -2.34. The molecule has 1 aliphatic rings. The van der Waals surface area contributed by atoms with Gasteiger partial charge in [0.1, 0.15) is 0 Å². The summed E-state index contributed by atoms with van der Waals surface area (Å²) in [6.07, 6.45) is 2.19. The number of halogens is 2. The van der Waals surface area contributed by atoms with E-state index >= 15 is 0 Å². The smallest absolute Gasteiger partial charge is 0.255 e. The third kappa shape index (κ3) is 3.50. The maximum atomic E-state index is 12.6. The van der Waals surface area contributed by atoms with Gasteiger partial charge in [-0.15, -0.1) is 0 Å². The van der Waals surface area contributed by atoms with Crippen molar-refractivity contribution in [3.05, 3.63) is 33.3 Å². The molecule has 104 valence electrons. The van der Waals surface area contributed by atoms with Gasteiger partial charge in [-0.05, 0) is 60.4 Å². The van der Waals surface area contributed by atoms with Crippen molar-refractivity contribution < 1.29 is 4.79 Å². The fourth-order valence-electron chi connectivity index (χ4n) is 2.48. The van der Waals surface area contributed by atoms with Crippen LogP contribution in [0.25, 0.3) is 0 Å². The van der Waals surface area contributed by atoms with Crippen LogP contribution in [0.5, 0.6) is 0 Å². The van der Waals surface area contributed by atoms with Crippen molar-refractivity contribution in [1.82, 2.24) is 10.2 Å². The normalized spacial score (nSPS) is 19.2. The zero-order valence-corrected chi connectivity index (χ0v) is 13.3. The maximum Gasteiger partial charge on any atom is 0.255 e. The van der Waals surface area contributed by atoms with Crippen LogP contribution in [-0.4, -0.2) is 36.5 Å². The maximum absolute atomic E-state index is 12.6. The molecule has 1 amide bonds. The zero-order chi connectivity index (χ0) is 13.8. The highest BCUT2D eigenvalue weighted by atomic mass is 79.9. The molecule has 1 aromatic rings. The number of benzene rings is 1. The van der Waals surface area contributed by atoms with Gasteiger partial charge in [0.05, 0.1) is 5.56 Å². The number of nitrogens with one attached hydrogen (secondary N) is 1. The summed E-state index contributed by atoms with van der Waals surface area (Å²) in [5, 5.41) is 3.98. The number of hydrogen-bond donors (Lipinski definition) is 1. The predicted molar refractivity (Wildman–Crippen MR) is 81.8 cm³/mol. The Morgan fingerprint density at radius 1 is 1.58 bits per heavy atom. The van der Waals surface area contributed by atoms with E-state index in [1.54, 1.807) is 18.2 Å². The third-order valence-corrected chi connectivity index (χ3v) is 4.37. The van der Waals surface area contributed by atoms with Crippen molar-refractivity contribution >= 4 is 33.4 Å². The second kappa shape index (κ2) is 6.73. The number of likely N-dealkylation sites (N-methyl/N-ethyl adjacent to an activating group) is 1. The summed E-state index contributed by atoms with van der Waals surface area (Å²) in [6.45, 7) is 4.67. The summed E-state index contributed by atoms with van der Waals surface area (Å²) in [5.74, 6) is 0.0692. The van der Waals surface area contributed by atoms with E-state index in [1.807, 2.05) is 11.8 Å². The summed E-state index contributed by atoms with van der Waals surface area (Å²) in [7, 11) is 0. The number of piperidine rings is 1. The molecule has 0 saturated carbocycles. The summed E-state index contributed by atoms with van der Waals surface area (Å²) < 4.78 is 0.757. The Kier molecular flexibility index (Phi) is 5.25. The van der Waals surface area contributed by atoms with Gasteiger partial charge in [0.25, 0.3) is 5.91 Å². The van der Waals surface area contributed by atoms with Crippen LogP contribution in [0.2, 0.25) is 5.02 Å². The topological polar surface area (TPSA) is 32.3 Å². The SMILES string of the molecule is CCN(C(=O)c1ccc(Cl)cc1Br)C1CCCNC1. The summed E-state index contributed by atoms with van der Waals surface area (Å²) in [5.41, 5.74) is 0.678. The van der Waals surface area contributed by atoms with Gasteiger partial charge in [-0.3, -0.25) is 4.79 Å². The Morgan fingerprint density at radius 3 is 2.95 bits per heavy atom. The van der Waals surface area contributed by atoms with E-state index in [4.69, 9.17) is 11.6 Å². The molecule has 0 spiro atoms. The van der Waals surface area contributed by atoms with Crippen molar-refractivity contribution in [2.45, 2.75) is 25.8 Å². The van der Waals surface area contributed by atoms with Crippen LogP contribution in [0, 0.1) is 0 Å². The van der Waals surface area contributed by atoms with Crippen molar-refractivity contribution in [2.24, 2.45) is 0 Å². The van der Waals surface area contributed by atoms with Crippen molar-refractivity contribution in [3.63, 3.8) is 0 Å². The summed E-state index contributed by atoms with van der Waals surface area (Å²) in [6, 6.07) is 5.59. The highest BCUT2D eigenvalue weighted by Crippen LogP contribution is 2.24. The van der Waals surface area contributed by atoms with Crippen LogP contribution in [-0.2, 0) is 0 Å². The van der Waals surface area contributed by atoms with Crippen LogP contribution >= 0.6 is 27.5 Å². The fraction of sp³-hybridized carbons (Fsp3) is 0.500. The number of carbonyl (C=O) groups is 1. The van der Waals surface area contributed by atoms with E-state index in [2.05, 4.69) is 21.2 Å². The second-order valence-electron chi connectivity index (χ2n) is 4.72. The Balaban J connectivity index is 2.19. The quantitative estimate of drug-likeness (QED) is 0.911. The lowest BCUT2D eigenvalue weighted by atomic mass is 10.0. The number of amides is 1. The minimum atomic E-state index is 0.0692. The van der Waals surface area contributed by atoms with Crippen LogP contribution < -0.4 is 5.32 Å². The molecule has 1 aliphatic heterocycles. The first-order valence-corrected chi connectivity index (χ1v) is 7.77. The van der Waals surface area contributed by atoms with Gasteiger partial charge < -0.3 is 10.2 Å². The molecule has 0 radical (unpaired) electrons. The van der Waals surface area contributed by atoms with Gasteiger partial charge >= 0.3 is 0 Å². The standard InChI is InChI=1S/C14H18BrClN2O/c1-2-18(11-4-3-7-17-9-11)14(19)12-6-5-10(16)8-13(12)15/h5-6,8,11,17H,2-4,7,9H2,1H3. The summed E-state index contributed by atoms with van der Waals surface area (Å²) >= 11 is 9.34. The average molecular weight is 346 g/mol. The van der Waals surface area contributed by atoms with E-state index in [9.17, 15) is 4.79 Å². The monoisotopic (exact) mass is 344 g/mol. The van der Waals surface area contributed by atoms with Crippen molar-refractivity contribution in [2.75, 3.05) is 19.6 Å². The Morgan fingerprint density at radius 2 is 2.37 bits per heavy atom. The zero-order valence-electron chi connectivity index (χ0n) is 11.0. The Labute approximate surface area is 127 Å². The lowest BCUT2D eigenvalue weighted by Crippen LogP contribution is -2.48. The first kappa shape index (κ1) is 14.8. The fourth-order valence-corrected chi connectivity index (χ4v) is 3.34. The molecule has 1 aromatic carbocycles. The van der Waals surface area contributed by atoms with Crippen LogP contribution in [0.15, 0.2) is 22.7 Å². The van der Waals surface area contributed by atoms with Gasteiger partial charge in [-0.25, -0.2) is 0 Å². The van der Waals surface area contributed by atoms with Gasteiger partial charge in [0.2, 0.25) is 0 Å². The third-order valence-electron chi connectivity index (χ3n) is 3.47. The number of nitrogens with zero attached hydrogens (tertiary/aromatic N) is 1.